The Morgan fingerprint density at radius 2 is 1.89 bits per heavy atom. The molecule has 0 N–H and O–H groups in total. The van der Waals surface area contributed by atoms with Crippen molar-refractivity contribution in [2.75, 3.05) is 7.11 Å². The molecule has 102 valence electrons. The van der Waals surface area contributed by atoms with Gasteiger partial charge in [-0.25, -0.2) is 0 Å². The first-order chi connectivity index (χ1) is 8.65. The topological polar surface area (TPSA) is 43.4 Å². The van der Waals surface area contributed by atoms with Crippen molar-refractivity contribution in [2.45, 2.75) is 51.9 Å². The fraction of sp³-hybridized carbons (Fsp3) is 0.867. The molecule has 2 fully saturated rings. The number of Topliss-reactive ketones (excluding diaryl/α,β-unsaturated/α-hetero) is 1. The van der Waals surface area contributed by atoms with Gasteiger partial charge in [0, 0.05) is 12.3 Å². The van der Waals surface area contributed by atoms with Gasteiger partial charge in [0.2, 0.25) is 0 Å². The van der Waals surface area contributed by atoms with Crippen LogP contribution >= 0.6 is 0 Å². The number of carbonyl (C=O) groups is 2. The van der Waals surface area contributed by atoms with Crippen LogP contribution in [0.15, 0.2) is 0 Å². The summed E-state index contributed by atoms with van der Waals surface area (Å²) < 4.78 is 4.94. The molecule has 0 aromatic rings. The van der Waals surface area contributed by atoms with Gasteiger partial charge >= 0.3 is 5.97 Å². The lowest BCUT2D eigenvalue weighted by molar-refractivity contribution is -0.150. The SMILES string of the molecule is COC(=O)[C@H]1CCCC(=O)C2CCCCC2C1C. The lowest BCUT2D eigenvalue weighted by Gasteiger charge is -2.39. The molecule has 4 atom stereocenters. The number of esters is 1. The van der Waals surface area contributed by atoms with Crippen molar-refractivity contribution in [3.8, 4) is 0 Å². The van der Waals surface area contributed by atoms with Crippen LogP contribution in [0.4, 0.5) is 0 Å². The van der Waals surface area contributed by atoms with Crippen molar-refractivity contribution in [1.29, 1.82) is 0 Å². The van der Waals surface area contributed by atoms with Gasteiger partial charge in [-0.15, -0.1) is 0 Å². The minimum Gasteiger partial charge on any atom is -0.469 e. The summed E-state index contributed by atoms with van der Waals surface area (Å²) in [5.41, 5.74) is 0. The average Bonchev–Trinajstić information content (AvgIpc) is 2.40. The largest absolute Gasteiger partial charge is 0.469 e. The zero-order valence-corrected chi connectivity index (χ0v) is 11.5. The van der Waals surface area contributed by atoms with E-state index in [9.17, 15) is 9.59 Å². The predicted octanol–water partition coefficient (Wildman–Crippen LogP) is 2.97. The van der Waals surface area contributed by atoms with Crippen LogP contribution in [0.2, 0.25) is 0 Å². The highest BCUT2D eigenvalue weighted by molar-refractivity contribution is 5.82. The molecule has 0 saturated heterocycles. The summed E-state index contributed by atoms with van der Waals surface area (Å²) in [5.74, 6) is 1.24. The number of hydrogen-bond acceptors (Lipinski definition) is 3. The number of methoxy groups -OCH3 is 1. The van der Waals surface area contributed by atoms with Gasteiger partial charge in [0.25, 0.3) is 0 Å². The Hall–Kier alpha value is -0.860. The molecule has 3 nitrogen and oxygen atoms in total. The maximum atomic E-state index is 12.2. The highest BCUT2D eigenvalue weighted by Crippen LogP contribution is 2.42. The minimum atomic E-state index is -0.0822. The Bertz CT molecular complexity index is 324. The number of hydrogen-bond donors (Lipinski definition) is 0. The molecular weight excluding hydrogens is 228 g/mol. The third-order valence-electron chi connectivity index (χ3n) is 4.99. The van der Waals surface area contributed by atoms with Crippen molar-refractivity contribution in [3.05, 3.63) is 0 Å². The van der Waals surface area contributed by atoms with Gasteiger partial charge in [0.1, 0.15) is 5.78 Å². The van der Waals surface area contributed by atoms with E-state index in [2.05, 4.69) is 6.92 Å². The molecule has 0 bridgehead atoms. The first-order valence-corrected chi connectivity index (χ1v) is 7.25. The molecule has 2 aliphatic rings. The zero-order chi connectivity index (χ0) is 13.1. The fourth-order valence-electron chi connectivity index (χ4n) is 3.92. The van der Waals surface area contributed by atoms with Crippen LogP contribution in [0.3, 0.4) is 0 Å². The number of rotatable bonds is 1. The molecule has 0 spiro atoms. The Kier molecular flexibility index (Phi) is 4.41. The van der Waals surface area contributed by atoms with Crippen LogP contribution < -0.4 is 0 Å². The summed E-state index contributed by atoms with van der Waals surface area (Å²) in [6.07, 6.45) is 6.80. The summed E-state index contributed by atoms with van der Waals surface area (Å²) in [4.78, 5) is 24.1. The van der Waals surface area contributed by atoms with Gasteiger partial charge < -0.3 is 4.74 Å². The Morgan fingerprint density at radius 1 is 1.17 bits per heavy atom. The van der Waals surface area contributed by atoms with Gasteiger partial charge in [-0.2, -0.15) is 0 Å². The van der Waals surface area contributed by atoms with Crippen LogP contribution in [0.5, 0.6) is 0 Å². The molecule has 18 heavy (non-hydrogen) atoms. The van der Waals surface area contributed by atoms with Crippen LogP contribution in [0, 0.1) is 23.7 Å². The molecule has 3 heteroatoms. The number of fused-ring (bicyclic) bond motifs is 1. The molecule has 0 aliphatic heterocycles. The number of carbonyl (C=O) groups excluding carboxylic acids is 2. The quantitative estimate of drug-likeness (QED) is 0.674. The minimum absolute atomic E-state index is 0.00583. The van der Waals surface area contributed by atoms with Gasteiger partial charge in [-0.1, -0.05) is 19.8 Å². The van der Waals surface area contributed by atoms with Crippen LogP contribution in [-0.4, -0.2) is 18.9 Å². The number of ketones is 1. The van der Waals surface area contributed by atoms with Crippen molar-refractivity contribution in [1.82, 2.24) is 0 Å². The van der Waals surface area contributed by atoms with E-state index in [0.29, 0.717) is 18.1 Å². The van der Waals surface area contributed by atoms with Gasteiger partial charge in [0.05, 0.1) is 13.0 Å². The summed E-state index contributed by atoms with van der Waals surface area (Å²) >= 11 is 0. The van der Waals surface area contributed by atoms with E-state index in [-0.39, 0.29) is 23.7 Å². The van der Waals surface area contributed by atoms with Crippen molar-refractivity contribution < 1.29 is 14.3 Å². The lowest BCUT2D eigenvalue weighted by atomic mass is 9.65. The predicted molar refractivity (Wildman–Crippen MR) is 69.0 cm³/mol. The van der Waals surface area contributed by atoms with Crippen LogP contribution in [-0.2, 0) is 14.3 Å². The molecule has 2 rings (SSSR count). The third-order valence-corrected chi connectivity index (χ3v) is 4.99. The molecule has 2 aliphatic carbocycles. The average molecular weight is 252 g/mol. The lowest BCUT2D eigenvalue weighted by Crippen LogP contribution is -2.39. The Morgan fingerprint density at radius 3 is 2.61 bits per heavy atom. The van der Waals surface area contributed by atoms with E-state index < -0.39 is 0 Å². The molecule has 0 heterocycles. The monoisotopic (exact) mass is 252 g/mol. The molecule has 3 unspecified atom stereocenters. The smallest absolute Gasteiger partial charge is 0.308 e. The Balaban J connectivity index is 2.18. The zero-order valence-electron chi connectivity index (χ0n) is 11.5. The van der Waals surface area contributed by atoms with E-state index in [1.54, 1.807) is 0 Å². The maximum absolute atomic E-state index is 12.2. The molecule has 0 aromatic heterocycles. The first kappa shape index (κ1) is 13.6. The summed E-state index contributed by atoms with van der Waals surface area (Å²) in [6.45, 7) is 2.14. The summed E-state index contributed by atoms with van der Waals surface area (Å²) in [7, 11) is 1.47. The summed E-state index contributed by atoms with van der Waals surface area (Å²) in [5, 5.41) is 0. The molecule has 0 aromatic carbocycles. The van der Waals surface area contributed by atoms with E-state index in [1.807, 2.05) is 0 Å². The van der Waals surface area contributed by atoms with E-state index in [4.69, 9.17) is 4.74 Å². The van der Waals surface area contributed by atoms with Gasteiger partial charge in [0.15, 0.2) is 0 Å². The summed E-state index contributed by atoms with van der Waals surface area (Å²) in [6, 6.07) is 0. The first-order valence-electron chi connectivity index (χ1n) is 7.25. The number of ether oxygens (including phenoxy) is 1. The Labute approximate surface area is 109 Å². The van der Waals surface area contributed by atoms with Crippen LogP contribution in [0.1, 0.15) is 51.9 Å². The van der Waals surface area contributed by atoms with Gasteiger partial charge in [-0.05, 0) is 37.5 Å². The maximum Gasteiger partial charge on any atom is 0.308 e. The van der Waals surface area contributed by atoms with Crippen molar-refractivity contribution in [3.63, 3.8) is 0 Å². The molecule has 2 saturated carbocycles. The highest BCUT2D eigenvalue weighted by atomic mass is 16.5. The normalized spacial score (nSPS) is 37.3. The van der Waals surface area contributed by atoms with Crippen LogP contribution in [0.25, 0.3) is 0 Å². The standard InChI is InChI=1S/C15H24O3/c1-10-11-6-3-4-7-13(11)14(16)9-5-8-12(10)15(17)18-2/h10-13H,3-9H2,1-2H3/t10?,11?,12-,13?/m0/s1. The van der Waals surface area contributed by atoms with E-state index >= 15 is 0 Å². The molecule has 0 radical (unpaired) electrons. The highest BCUT2D eigenvalue weighted by Gasteiger charge is 2.40. The second kappa shape index (κ2) is 5.85. The second-order valence-electron chi connectivity index (χ2n) is 5.90. The fourth-order valence-corrected chi connectivity index (χ4v) is 3.92. The van der Waals surface area contributed by atoms with Crippen molar-refractivity contribution >= 4 is 11.8 Å². The van der Waals surface area contributed by atoms with E-state index in [1.165, 1.54) is 20.0 Å². The molecule has 0 amide bonds. The third kappa shape index (κ3) is 2.60. The molecular formula is C15H24O3. The van der Waals surface area contributed by atoms with E-state index in [0.717, 1.165) is 25.7 Å². The van der Waals surface area contributed by atoms with Gasteiger partial charge in [-0.3, -0.25) is 9.59 Å². The second-order valence-corrected chi connectivity index (χ2v) is 5.90. The van der Waals surface area contributed by atoms with Crippen molar-refractivity contribution in [2.24, 2.45) is 23.7 Å².